The molecule has 0 saturated heterocycles. The Morgan fingerprint density at radius 3 is 2.02 bits per heavy atom. The molecule has 3 atom stereocenters. The third-order valence-corrected chi connectivity index (χ3v) is 8.51. The lowest BCUT2D eigenvalue weighted by Crippen LogP contribution is -2.29. The molecule has 0 fully saturated rings. The van der Waals surface area contributed by atoms with Crippen molar-refractivity contribution in [3.8, 4) is 0 Å². The third kappa shape index (κ3) is 5.19. The Bertz CT molecular complexity index is 2790. The monoisotopic (exact) mass is 600 g/mol. The van der Waals surface area contributed by atoms with E-state index in [4.69, 9.17) is 19.2 Å². The van der Waals surface area contributed by atoms with Crippen LogP contribution >= 0.6 is 0 Å². The van der Waals surface area contributed by atoms with Crippen LogP contribution in [-0.2, 0) is 0 Å². The fourth-order valence-electron chi connectivity index (χ4n) is 6.58. The highest BCUT2D eigenvalue weighted by molar-refractivity contribution is 5.86. The van der Waals surface area contributed by atoms with Gasteiger partial charge >= 0.3 is 0 Å². The van der Waals surface area contributed by atoms with E-state index < -0.39 is 114 Å². The normalized spacial score (nSPS) is 30.3. The van der Waals surface area contributed by atoms with E-state index >= 15 is 0 Å². The number of fused-ring (bicyclic) bond motifs is 1. The minimum absolute atomic E-state index is 0.0284. The van der Waals surface area contributed by atoms with Gasteiger partial charge in [0.1, 0.15) is 5.76 Å². The molecule has 3 aromatic carbocycles. The summed E-state index contributed by atoms with van der Waals surface area (Å²) in [4.78, 5) is 0. The van der Waals surface area contributed by atoms with Crippen LogP contribution < -0.4 is 0 Å². The summed E-state index contributed by atoms with van der Waals surface area (Å²) < 4.78 is 158. The van der Waals surface area contributed by atoms with E-state index in [1.165, 1.54) is 12.2 Å². The molecule has 0 amide bonds. The van der Waals surface area contributed by atoms with E-state index in [2.05, 4.69) is 0 Å². The molecule has 1 N–H and O–H groups in total. The molecule has 0 bridgehead atoms. The lowest BCUT2D eigenvalue weighted by molar-refractivity contribution is 0.428. The summed E-state index contributed by atoms with van der Waals surface area (Å²) in [6.45, 7) is 1.35. The van der Waals surface area contributed by atoms with Crippen molar-refractivity contribution in [2.75, 3.05) is 0 Å². The van der Waals surface area contributed by atoms with Crippen LogP contribution in [0.2, 0.25) is 0 Å². The second-order valence-corrected chi connectivity index (χ2v) is 10.8. The van der Waals surface area contributed by atoms with Gasteiger partial charge in [-0.3, -0.25) is 0 Å². The van der Waals surface area contributed by atoms with E-state index in [9.17, 15) is 10.6 Å². The topological polar surface area (TPSA) is 20.2 Å². The summed E-state index contributed by atoms with van der Waals surface area (Å²) >= 11 is 0. The molecular formula is C44H38O. The van der Waals surface area contributed by atoms with Crippen LogP contribution in [0.1, 0.15) is 66.5 Å². The molecule has 220 valence electrons. The van der Waals surface area contributed by atoms with Crippen molar-refractivity contribution in [2.45, 2.75) is 25.2 Å². The van der Waals surface area contributed by atoms with Crippen molar-refractivity contribution in [3.63, 3.8) is 0 Å². The highest BCUT2D eigenvalue weighted by atomic mass is 16.3. The maximum Gasteiger partial charge on any atom is 0.119 e. The van der Waals surface area contributed by atoms with Crippen molar-refractivity contribution in [1.82, 2.24) is 0 Å². The molecule has 4 aliphatic carbocycles. The smallest absolute Gasteiger partial charge is 0.119 e. The van der Waals surface area contributed by atoms with Gasteiger partial charge in [-0.15, -0.1) is 0 Å². The molecule has 0 heterocycles. The van der Waals surface area contributed by atoms with Crippen LogP contribution in [0, 0.1) is 11.8 Å². The van der Waals surface area contributed by atoms with Gasteiger partial charge in [0.25, 0.3) is 0 Å². The number of allylic oxidation sites excluding steroid dienone is 17. The predicted octanol–water partition coefficient (Wildman–Crippen LogP) is 11.2. The van der Waals surface area contributed by atoms with E-state index in [1.54, 1.807) is 36.4 Å². The largest absolute Gasteiger partial charge is 0.508 e. The molecule has 4 aliphatic rings. The summed E-state index contributed by atoms with van der Waals surface area (Å²) in [5.41, 5.74) is 0.637. The summed E-state index contributed by atoms with van der Waals surface area (Å²) in [5.74, 6) is -4.43. The lowest BCUT2D eigenvalue weighted by atomic mass is 9.62. The Kier molecular flexibility index (Phi) is 4.09. The first-order valence-corrected chi connectivity index (χ1v) is 14.5. The molecular weight excluding hydrogens is 544 g/mol. The Balaban J connectivity index is 1.68. The molecule has 0 radical (unpaired) electrons. The third-order valence-electron chi connectivity index (χ3n) is 8.51. The molecule has 3 unspecified atom stereocenters. The number of aliphatic hydroxyl groups excluding tert-OH is 1. The van der Waals surface area contributed by atoms with Crippen LogP contribution in [0.5, 0.6) is 0 Å². The van der Waals surface area contributed by atoms with Crippen LogP contribution in [-0.4, -0.2) is 5.11 Å². The molecule has 0 aliphatic heterocycles. The molecule has 1 nitrogen and oxygen atoms in total. The van der Waals surface area contributed by atoms with Gasteiger partial charge < -0.3 is 5.11 Å². The molecule has 3 aromatic rings. The number of hydrogen-bond acceptors (Lipinski definition) is 1. The molecule has 1 heteroatoms. The van der Waals surface area contributed by atoms with Crippen LogP contribution in [0.15, 0.2) is 198 Å². The van der Waals surface area contributed by atoms with Crippen molar-refractivity contribution < 1.29 is 29.8 Å². The van der Waals surface area contributed by atoms with Crippen LogP contribution in [0.4, 0.5) is 0 Å². The second-order valence-electron chi connectivity index (χ2n) is 10.8. The SMILES string of the molecule is [2H]C=C([2H])C1=C(C2=CC=C(c3c([2H])c([2H])c([2H])c([2H])c3[2H])CC2)C2C([2H])=C([2H])C([2H])=C([2H])C2C(C2=C(c3ccccc3)C(O)=CCC2c2c([2H])c([2H])c([2H])c([2H])c2[2H])=C1C([2H])=C[2H]. The standard InChI is InChI=1S/C44H38O/c1-3-35-36(4-2)43(44-37(32-18-10-6-11-19-32)28-29-40(45)42(44)33-20-12-7-13-21-33)39-23-15-14-22-38(39)41(35)34-26-24-31(25-27-34)30-16-8-5-9-17-30/h3-24,26,29,37-39,45H,1-2,25,27-28H2/i1D,2D,3D,4D,5D,6D,8D,9D,10D,11D,14D,15D,16D,17D,18D,19D,22D,23D. The van der Waals surface area contributed by atoms with Crippen LogP contribution in [0.3, 0.4) is 0 Å². The van der Waals surface area contributed by atoms with E-state index in [-0.39, 0.29) is 69.6 Å². The highest BCUT2D eigenvalue weighted by Crippen LogP contribution is 2.54. The molecule has 7 rings (SSSR count). The lowest BCUT2D eigenvalue weighted by Gasteiger charge is -2.41. The Hall–Kier alpha value is -5.14. The van der Waals surface area contributed by atoms with E-state index in [0.717, 1.165) is 0 Å². The fourth-order valence-corrected chi connectivity index (χ4v) is 6.58. The molecule has 0 saturated carbocycles. The zero-order chi connectivity index (χ0) is 46.1. The quantitative estimate of drug-likeness (QED) is 0.286. The van der Waals surface area contributed by atoms with Crippen LogP contribution in [0.25, 0.3) is 11.1 Å². The second kappa shape index (κ2) is 12.5. The Morgan fingerprint density at radius 1 is 0.733 bits per heavy atom. The van der Waals surface area contributed by atoms with Crippen molar-refractivity contribution in [2.24, 2.45) is 11.8 Å². The van der Waals surface area contributed by atoms with Crippen molar-refractivity contribution in [1.29, 1.82) is 0 Å². The molecule has 45 heavy (non-hydrogen) atoms. The minimum atomic E-state index is -1.48. The first kappa shape index (κ1) is 14.8. The van der Waals surface area contributed by atoms with Gasteiger partial charge in [-0.2, -0.15) is 0 Å². The highest BCUT2D eigenvalue weighted by Gasteiger charge is 2.40. The number of rotatable bonds is 7. The van der Waals surface area contributed by atoms with Crippen molar-refractivity contribution >= 4 is 11.1 Å². The van der Waals surface area contributed by atoms with Gasteiger partial charge in [-0.1, -0.05) is 152 Å². The number of aliphatic hydroxyl groups is 1. The van der Waals surface area contributed by atoms with Gasteiger partial charge in [-0.25, -0.2) is 0 Å². The molecule has 0 spiro atoms. The zero-order valence-electron chi connectivity index (χ0n) is 42.1. The molecule has 0 aromatic heterocycles. The van der Waals surface area contributed by atoms with Gasteiger partial charge in [0, 0.05) is 23.3 Å². The van der Waals surface area contributed by atoms with Crippen molar-refractivity contribution in [3.05, 3.63) is 214 Å². The van der Waals surface area contributed by atoms with E-state index in [1.807, 2.05) is 0 Å². The predicted molar refractivity (Wildman–Crippen MR) is 189 cm³/mol. The van der Waals surface area contributed by atoms with E-state index in [0.29, 0.717) is 29.8 Å². The summed E-state index contributed by atoms with van der Waals surface area (Å²) in [7, 11) is 0. The first-order chi connectivity index (χ1) is 29.8. The minimum Gasteiger partial charge on any atom is -0.508 e. The fraction of sp³-hybridized carbons (Fsp3) is 0.136. The average Bonchev–Trinajstić information content (AvgIpc) is 3.29. The van der Waals surface area contributed by atoms with Gasteiger partial charge in [0.2, 0.25) is 0 Å². The first-order valence-electron chi connectivity index (χ1n) is 23.7. The zero-order valence-corrected chi connectivity index (χ0v) is 24.1. The maximum absolute atomic E-state index is 11.9. The van der Waals surface area contributed by atoms with Gasteiger partial charge in [0.15, 0.2) is 0 Å². The van der Waals surface area contributed by atoms with Gasteiger partial charge in [0.05, 0.1) is 24.7 Å². The van der Waals surface area contributed by atoms with Gasteiger partial charge in [-0.05, 0) is 81.0 Å². The summed E-state index contributed by atoms with van der Waals surface area (Å²) in [6, 6.07) is -0.542. The number of benzene rings is 3. The average molecular weight is 601 g/mol. The number of hydrogen-bond donors (Lipinski definition) is 1. The Labute approximate surface area is 292 Å². The maximum atomic E-state index is 11.9. The Morgan fingerprint density at radius 2 is 1.36 bits per heavy atom. The summed E-state index contributed by atoms with van der Waals surface area (Å²) in [5, 5.41) is 11.9. The summed E-state index contributed by atoms with van der Waals surface area (Å²) in [6.07, 6.45) is 4.43.